The lowest BCUT2D eigenvalue weighted by molar-refractivity contribution is -0.265. The summed E-state index contributed by atoms with van der Waals surface area (Å²) in [6.45, 7) is 12.7. The van der Waals surface area contributed by atoms with Crippen molar-refractivity contribution in [2.24, 2.45) is 35.5 Å². The van der Waals surface area contributed by atoms with Gasteiger partial charge in [0.05, 0.1) is 24.4 Å². The molecule has 3 N–H and O–H groups in total. The van der Waals surface area contributed by atoms with Crippen LogP contribution in [0.3, 0.4) is 0 Å². The third-order valence-corrected chi connectivity index (χ3v) is 14.5. The fraction of sp³-hybridized carbons (Fsp3) is 0.745. The molecule has 0 aromatic heterocycles. The lowest BCUT2D eigenvalue weighted by atomic mass is 9.78. The van der Waals surface area contributed by atoms with E-state index in [2.05, 4.69) is 0 Å². The Kier molecular flexibility index (Phi) is 21.0. The molecule has 14 nitrogen and oxygen atoms in total. The number of aliphatic hydroxyl groups excluding tert-OH is 2. The quantitative estimate of drug-likeness (QED) is 0.156. The lowest BCUT2D eigenvalue weighted by Gasteiger charge is -2.42. The summed E-state index contributed by atoms with van der Waals surface area (Å²) < 4.78 is 29.4. The molecule has 4 rings (SSSR count). The summed E-state index contributed by atoms with van der Waals surface area (Å²) in [5.41, 5.74) is 1.27. The summed E-state index contributed by atoms with van der Waals surface area (Å²) in [5, 5.41) is 33.8. The molecule has 1 amide bonds. The molecule has 15 atom stereocenters. The number of ketones is 3. The van der Waals surface area contributed by atoms with Gasteiger partial charge in [-0.05, 0) is 107 Å². The highest BCUT2D eigenvalue weighted by Crippen LogP contribution is 2.38. The number of nitrogens with zero attached hydrogens (tertiary/aromatic N) is 1. The molecular weight excluding hydrogens is 835 g/mol. The second-order valence-corrected chi connectivity index (χ2v) is 19.6. The van der Waals surface area contributed by atoms with Crippen molar-refractivity contribution < 1.29 is 63.0 Å². The van der Waals surface area contributed by atoms with Gasteiger partial charge in [-0.1, -0.05) is 71.1 Å². The molecule has 366 valence electrons. The number of fused-ring (bicyclic) bond motifs is 3. The number of amides is 1. The van der Waals surface area contributed by atoms with Gasteiger partial charge in [-0.25, -0.2) is 4.79 Å². The number of cyclic esters (lactones) is 1. The van der Waals surface area contributed by atoms with Crippen molar-refractivity contribution in [2.45, 2.75) is 180 Å². The van der Waals surface area contributed by atoms with Crippen LogP contribution in [0.2, 0.25) is 0 Å². The fourth-order valence-corrected chi connectivity index (χ4v) is 10.1. The molecule has 3 heterocycles. The van der Waals surface area contributed by atoms with Crippen LogP contribution in [0.4, 0.5) is 0 Å². The monoisotopic (exact) mass is 914 g/mol. The maximum atomic E-state index is 14.4. The number of carbonyl (C=O) groups is 5. The predicted octanol–water partition coefficient (Wildman–Crippen LogP) is 6.18. The van der Waals surface area contributed by atoms with E-state index < -0.39 is 83.9 Å². The summed E-state index contributed by atoms with van der Waals surface area (Å²) in [6.07, 6.45) is 11.2. The summed E-state index contributed by atoms with van der Waals surface area (Å²) >= 11 is 0. The van der Waals surface area contributed by atoms with Crippen molar-refractivity contribution in [3.8, 4) is 0 Å². The number of aliphatic hydroxyl groups is 3. The molecule has 14 heteroatoms. The van der Waals surface area contributed by atoms with Gasteiger partial charge < -0.3 is 43.9 Å². The van der Waals surface area contributed by atoms with Gasteiger partial charge in [0.2, 0.25) is 5.79 Å². The second kappa shape index (κ2) is 25.1. The van der Waals surface area contributed by atoms with Gasteiger partial charge in [0.1, 0.15) is 30.1 Å². The Balaban J connectivity index is 1.70. The SMILES string of the molecule is COC1C[C@@H]2CC[C@@H](C)[C@@](O)(O2)C(=O)C(=O)N2CCCC[C@H]2C(=O)O[C@H]([C@H](C)C[C@@H]2CC[C@@H](O)C(OC)C2)CC(=O)C(C)/C=C(\C)[C@@H](O)C(OC)C(=O)[C@H](C)C[C@H](C)/C=C/C=C/C=C/1C. The number of carbonyl (C=O) groups excluding carboxylic acids is 5. The summed E-state index contributed by atoms with van der Waals surface area (Å²) in [6, 6.07) is -1.14. The molecule has 3 fully saturated rings. The molecule has 1 saturated carbocycles. The predicted molar refractivity (Wildman–Crippen MR) is 245 cm³/mol. The molecule has 1 aliphatic carbocycles. The van der Waals surface area contributed by atoms with Gasteiger partial charge in [0, 0.05) is 58.5 Å². The van der Waals surface area contributed by atoms with Crippen LogP contribution in [-0.2, 0) is 47.7 Å². The first kappa shape index (κ1) is 54.2. The first-order valence-corrected chi connectivity index (χ1v) is 23.9. The van der Waals surface area contributed by atoms with Crippen molar-refractivity contribution in [1.82, 2.24) is 4.90 Å². The average molecular weight is 914 g/mol. The van der Waals surface area contributed by atoms with E-state index in [1.807, 2.05) is 58.1 Å². The van der Waals surface area contributed by atoms with Gasteiger partial charge in [-0.3, -0.25) is 19.2 Å². The van der Waals surface area contributed by atoms with Crippen LogP contribution in [0.15, 0.2) is 47.6 Å². The van der Waals surface area contributed by atoms with E-state index >= 15 is 0 Å². The number of allylic oxidation sites excluding steroid dienone is 6. The third kappa shape index (κ3) is 14.3. The van der Waals surface area contributed by atoms with Gasteiger partial charge in [0.15, 0.2) is 5.78 Å². The average Bonchev–Trinajstić information content (AvgIpc) is 3.28. The summed E-state index contributed by atoms with van der Waals surface area (Å²) in [4.78, 5) is 71.8. The Hall–Kier alpha value is -3.37. The molecule has 3 aliphatic heterocycles. The van der Waals surface area contributed by atoms with Crippen molar-refractivity contribution in [2.75, 3.05) is 27.9 Å². The summed E-state index contributed by atoms with van der Waals surface area (Å²) in [7, 11) is 4.52. The maximum Gasteiger partial charge on any atom is 0.329 e. The number of methoxy groups -OCH3 is 3. The Morgan fingerprint density at radius 3 is 2.25 bits per heavy atom. The van der Waals surface area contributed by atoms with Crippen LogP contribution in [0.25, 0.3) is 0 Å². The van der Waals surface area contributed by atoms with Gasteiger partial charge in [0.25, 0.3) is 11.7 Å². The maximum absolute atomic E-state index is 14.4. The van der Waals surface area contributed by atoms with Crippen LogP contribution in [-0.4, -0.2) is 132 Å². The number of hydrogen-bond donors (Lipinski definition) is 3. The van der Waals surface area contributed by atoms with Crippen LogP contribution in [0, 0.1) is 35.5 Å². The number of Topliss-reactive ketones (excluding diaryl/α,β-unsaturated/α-hetero) is 3. The third-order valence-electron chi connectivity index (χ3n) is 14.5. The molecule has 2 saturated heterocycles. The minimum atomic E-state index is -2.43. The normalized spacial score (nSPS) is 40.4. The van der Waals surface area contributed by atoms with Crippen molar-refractivity contribution in [1.29, 1.82) is 0 Å². The zero-order valence-corrected chi connectivity index (χ0v) is 40.6. The number of rotatable bonds is 6. The fourth-order valence-electron chi connectivity index (χ4n) is 10.1. The Labute approximate surface area is 387 Å². The van der Waals surface area contributed by atoms with Crippen molar-refractivity contribution in [3.63, 3.8) is 0 Å². The van der Waals surface area contributed by atoms with Crippen molar-refractivity contribution >= 4 is 29.2 Å². The topological polar surface area (TPSA) is 195 Å². The molecule has 2 bridgehead atoms. The summed E-state index contributed by atoms with van der Waals surface area (Å²) in [5.74, 6) is -7.96. The van der Waals surface area contributed by atoms with E-state index in [9.17, 15) is 39.3 Å². The first-order chi connectivity index (χ1) is 30.7. The molecular formula is C51H79NO13. The van der Waals surface area contributed by atoms with E-state index in [1.54, 1.807) is 41.1 Å². The molecule has 4 unspecified atom stereocenters. The Bertz CT molecular complexity index is 1760. The molecule has 0 aromatic rings. The highest BCUT2D eigenvalue weighted by atomic mass is 16.6. The number of piperidine rings is 1. The highest BCUT2D eigenvalue weighted by molar-refractivity contribution is 6.39. The standard InChI is InChI=1S/C51H79NO13/c1-30-16-12-11-13-17-31(2)42(61-8)28-38-21-19-36(7)51(60,65-38)48(57)49(58)52-23-15-14-18-39(52)50(59)64-43(33(4)26-37-20-22-40(53)44(27-37)62-9)29-41(54)32(3)25-35(6)46(56)47(63-10)45(55)34(5)24-30/h11-13,16-17,25,30,32-34,36-40,42-44,46-47,53,56,60H,14-15,18-24,26-29H2,1-10H3/b13-11+,16-12+,31-17+,35-25+/t30-,32?,33-,34-,36-,37+,38+,39+,40-,42?,43+,44?,46-,47?,51-/m1/s1. The van der Waals surface area contributed by atoms with Gasteiger partial charge in [-0.2, -0.15) is 0 Å². The van der Waals surface area contributed by atoms with Crippen LogP contribution in [0.1, 0.15) is 126 Å². The van der Waals surface area contributed by atoms with E-state index in [0.717, 1.165) is 12.0 Å². The first-order valence-electron chi connectivity index (χ1n) is 23.9. The molecule has 4 aliphatic rings. The Morgan fingerprint density at radius 2 is 1.57 bits per heavy atom. The largest absolute Gasteiger partial charge is 0.460 e. The van der Waals surface area contributed by atoms with E-state index in [4.69, 9.17) is 23.7 Å². The minimum Gasteiger partial charge on any atom is -0.460 e. The van der Waals surface area contributed by atoms with Crippen molar-refractivity contribution in [3.05, 3.63) is 47.6 Å². The number of ether oxygens (including phenoxy) is 5. The van der Waals surface area contributed by atoms with Crippen LogP contribution < -0.4 is 0 Å². The molecule has 0 spiro atoms. The number of esters is 1. The second-order valence-electron chi connectivity index (χ2n) is 19.6. The molecule has 0 radical (unpaired) electrons. The van der Waals surface area contributed by atoms with E-state index in [0.29, 0.717) is 63.4 Å². The zero-order valence-electron chi connectivity index (χ0n) is 40.6. The Morgan fingerprint density at radius 1 is 0.846 bits per heavy atom. The number of hydrogen-bond acceptors (Lipinski definition) is 13. The van der Waals surface area contributed by atoms with E-state index in [-0.39, 0.29) is 54.8 Å². The van der Waals surface area contributed by atoms with Crippen LogP contribution in [0.5, 0.6) is 0 Å². The minimum absolute atomic E-state index is 0.0193. The zero-order chi connectivity index (χ0) is 48.2. The van der Waals surface area contributed by atoms with Gasteiger partial charge >= 0.3 is 5.97 Å². The molecule has 0 aromatic carbocycles. The van der Waals surface area contributed by atoms with Gasteiger partial charge in [-0.15, -0.1) is 0 Å². The smallest absolute Gasteiger partial charge is 0.329 e. The molecule has 65 heavy (non-hydrogen) atoms. The van der Waals surface area contributed by atoms with E-state index in [1.165, 1.54) is 12.0 Å². The van der Waals surface area contributed by atoms with Crippen LogP contribution >= 0.6 is 0 Å². The highest BCUT2D eigenvalue weighted by Gasteiger charge is 2.53. The lowest BCUT2D eigenvalue weighted by Crippen LogP contribution is -2.61.